The molecule has 0 amide bonds. The van der Waals surface area contributed by atoms with E-state index >= 15 is 0 Å². The van der Waals surface area contributed by atoms with E-state index in [4.69, 9.17) is 10.5 Å². The first kappa shape index (κ1) is 18.6. The van der Waals surface area contributed by atoms with Crippen molar-refractivity contribution >= 4 is 29.9 Å². The second-order valence-corrected chi connectivity index (χ2v) is 4.25. The van der Waals surface area contributed by atoms with Gasteiger partial charge >= 0.3 is 0 Å². The highest BCUT2D eigenvalue weighted by atomic mass is 127. The Morgan fingerprint density at radius 3 is 2.80 bits per heavy atom. The Kier molecular flexibility index (Phi) is 8.78. The number of ether oxygens (including phenoxy) is 1. The second kappa shape index (κ2) is 9.46. The molecule has 0 aromatic heterocycles. The molecule has 6 heteroatoms. The summed E-state index contributed by atoms with van der Waals surface area (Å²) in [5.41, 5.74) is 7.62. The lowest BCUT2D eigenvalue weighted by molar-refractivity contribution is 0.318. The highest BCUT2D eigenvalue weighted by Crippen LogP contribution is 2.26. The summed E-state index contributed by atoms with van der Waals surface area (Å²) in [4.78, 5) is 4.20. The van der Waals surface area contributed by atoms with Gasteiger partial charge < -0.3 is 20.9 Å². The zero-order chi connectivity index (χ0) is 14.3. The van der Waals surface area contributed by atoms with Crippen LogP contribution in [0.4, 0.5) is 0 Å². The maximum Gasteiger partial charge on any atom is 0.189 e. The Bertz CT molecular complexity index is 475. The number of nitrogens with two attached hydrogens (primary N) is 1. The third-order valence-electron chi connectivity index (χ3n) is 2.33. The quantitative estimate of drug-likeness (QED) is 0.301. The molecule has 1 rings (SSSR count). The van der Waals surface area contributed by atoms with Gasteiger partial charge in [0.15, 0.2) is 17.5 Å². The molecule has 0 saturated carbocycles. The lowest BCUT2D eigenvalue weighted by atomic mass is 10.2. The number of rotatable bonds is 6. The molecule has 1 aromatic rings. The largest absolute Gasteiger partial charge is 0.504 e. The topological polar surface area (TPSA) is 79.9 Å². The van der Waals surface area contributed by atoms with Gasteiger partial charge in [0.1, 0.15) is 0 Å². The first-order valence-electron chi connectivity index (χ1n) is 6.15. The zero-order valence-corrected chi connectivity index (χ0v) is 14.2. The number of phenols is 1. The van der Waals surface area contributed by atoms with Crippen LogP contribution < -0.4 is 15.8 Å². The molecule has 1 aromatic carbocycles. The van der Waals surface area contributed by atoms with Crippen molar-refractivity contribution in [3.8, 4) is 11.5 Å². The number of hydrogen-bond donors (Lipinski definition) is 3. The summed E-state index contributed by atoms with van der Waals surface area (Å²) < 4.78 is 5.31. The minimum atomic E-state index is 0. The number of nitrogens with zero attached hydrogens (tertiary/aromatic N) is 1. The van der Waals surface area contributed by atoms with Gasteiger partial charge in [-0.15, -0.1) is 24.0 Å². The average molecular weight is 391 g/mol. The maximum absolute atomic E-state index is 9.58. The van der Waals surface area contributed by atoms with Crippen molar-refractivity contribution in [2.24, 2.45) is 10.7 Å². The van der Waals surface area contributed by atoms with Crippen molar-refractivity contribution in [2.45, 2.75) is 20.4 Å². The summed E-state index contributed by atoms with van der Waals surface area (Å²) in [7, 11) is 0. The van der Waals surface area contributed by atoms with E-state index in [2.05, 4.69) is 16.9 Å². The van der Waals surface area contributed by atoms with Gasteiger partial charge in [0, 0.05) is 6.54 Å². The number of benzene rings is 1. The molecule has 0 heterocycles. The number of phenolic OH excluding ortho intramolecular Hbond substituents is 1. The minimum Gasteiger partial charge on any atom is -0.504 e. The van der Waals surface area contributed by atoms with Crippen molar-refractivity contribution in [3.05, 3.63) is 35.9 Å². The fourth-order valence-electron chi connectivity index (χ4n) is 1.40. The smallest absolute Gasteiger partial charge is 0.189 e. The van der Waals surface area contributed by atoms with Crippen molar-refractivity contribution in [1.29, 1.82) is 0 Å². The van der Waals surface area contributed by atoms with Gasteiger partial charge in [0.2, 0.25) is 0 Å². The molecule has 0 aliphatic carbocycles. The van der Waals surface area contributed by atoms with Crippen molar-refractivity contribution < 1.29 is 9.84 Å². The van der Waals surface area contributed by atoms with E-state index in [1.807, 2.05) is 13.8 Å². The number of aromatic hydroxyl groups is 1. The van der Waals surface area contributed by atoms with E-state index in [1.54, 1.807) is 18.2 Å². The van der Waals surface area contributed by atoms with Crippen LogP contribution in [0.3, 0.4) is 0 Å². The molecule has 0 saturated heterocycles. The maximum atomic E-state index is 9.58. The highest BCUT2D eigenvalue weighted by molar-refractivity contribution is 14.0. The van der Waals surface area contributed by atoms with E-state index in [1.165, 1.54) is 0 Å². The molecule has 0 aliphatic heterocycles. The Balaban J connectivity index is 0.00000361. The molecule has 0 unspecified atom stereocenters. The number of aliphatic imine (C=N–C) groups is 1. The first-order valence-corrected chi connectivity index (χ1v) is 6.15. The molecule has 0 radical (unpaired) electrons. The van der Waals surface area contributed by atoms with Gasteiger partial charge in [0.05, 0.1) is 13.2 Å². The van der Waals surface area contributed by atoms with Gasteiger partial charge in [-0.3, -0.25) is 0 Å². The van der Waals surface area contributed by atoms with Crippen molar-refractivity contribution in [2.75, 3.05) is 13.2 Å². The van der Waals surface area contributed by atoms with Crippen LogP contribution in [0.1, 0.15) is 19.4 Å². The predicted octanol–water partition coefficient (Wildman–Crippen LogP) is 2.39. The zero-order valence-electron chi connectivity index (χ0n) is 11.8. The lowest BCUT2D eigenvalue weighted by Crippen LogP contribution is -2.32. The van der Waals surface area contributed by atoms with Crippen LogP contribution in [0.2, 0.25) is 0 Å². The second-order valence-electron chi connectivity index (χ2n) is 4.25. The molecule has 0 spiro atoms. The molecule has 0 bridgehead atoms. The standard InChI is InChI=1S/C14H21N3O2.HI/c1-4-19-13-7-11(5-6-12(13)18)9-17-14(15)16-8-10(2)3;/h5-7,18H,2,4,8-9H2,1,3H3,(H3,15,16,17);1H. The van der Waals surface area contributed by atoms with Crippen LogP contribution in [-0.2, 0) is 6.54 Å². The van der Waals surface area contributed by atoms with Gasteiger partial charge in [-0.05, 0) is 31.5 Å². The fraction of sp³-hybridized carbons (Fsp3) is 0.357. The third kappa shape index (κ3) is 6.65. The van der Waals surface area contributed by atoms with Gasteiger partial charge in [0.25, 0.3) is 0 Å². The molecule has 112 valence electrons. The van der Waals surface area contributed by atoms with E-state index in [0.717, 1.165) is 11.1 Å². The van der Waals surface area contributed by atoms with Gasteiger partial charge in [-0.25, -0.2) is 4.99 Å². The third-order valence-corrected chi connectivity index (χ3v) is 2.33. The summed E-state index contributed by atoms with van der Waals surface area (Å²) >= 11 is 0. The number of guanidine groups is 1. The molecular weight excluding hydrogens is 369 g/mol. The van der Waals surface area contributed by atoms with Crippen LogP contribution in [-0.4, -0.2) is 24.2 Å². The van der Waals surface area contributed by atoms with Crippen LogP contribution in [0.25, 0.3) is 0 Å². The first-order chi connectivity index (χ1) is 9.02. The van der Waals surface area contributed by atoms with E-state index in [9.17, 15) is 5.11 Å². The van der Waals surface area contributed by atoms with Crippen molar-refractivity contribution in [1.82, 2.24) is 5.32 Å². The Labute approximate surface area is 136 Å². The molecule has 0 aliphatic rings. The average Bonchev–Trinajstić information content (AvgIpc) is 2.37. The molecule has 0 atom stereocenters. The molecule has 5 nitrogen and oxygen atoms in total. The summed E-state index contributed by atoms with van der Waals surface area (Å²) in [6.45, 7) is 9.08. The summed E-state index contributed by atoms with van der Waals surface area (Å²) in [5.74, 6) is 0.959. The minimum absolute atomic E-state index is 0. The van der Waals surface area contributed by atoms with Crippen LogP contribution in [0.5, 0.6) is 11.5 Å². The van der Waals surface area contributed by atoms with Gasteiger partial charge in [-0.1, -0.05) is 18.2 Å². The van der Waals surface area contributed by atoms with E-state index < -0.39 is 0 Å². The van der Waals surface area contributed by atoms with Crippen molar-refractivity contribution in [3.63, 3.8) is 0 Å². The molecule has 20 heavy (non-hydrogen) atoms. The monoisotopic (exact) mass is 391 g/mol. The normalized spacial score (nSPS) is 10.6. The Morgan fingerprint density at radius 2 is 2.20 bits per heavy atom. The number of halogens is 1. The highest BCUT2D eigenvalue weighted by Gasteiger charge is 2.03. The molecule has 4 N–H and O–H groups in total. The summed E-state index contributed by atoms with van der Waals surface area (Å²) in [6, 6.07) is 5.13. The van der Waals surface area contributed by atoms with Crippen LogP contribution >= 0.6 is 24.0 Å². The number of hydrogen-bond acceptors (Lipinski definition) is 3. The Hall–Kier alpha value is -1.44. The van der Waals surface area contributed by atoms with E-state index in [-0.39, 0.29) is 29.7 Å². The summed E-state index contributed by atoms with van der Waals surface area (Å²) in [6.07, 6.45) is 0. The van der Waals surface area contributed by atoms with Gasteiger partial charge in [-0.2, -0.15) is 0 Å². The molecule has 0 fully saturated rings. The SMILES string of the molecule is C=C(C)CNC(N)=NCc1ccc(O)c(OCC)c1.I. The number of nitrogens with one attached hydrogen (secondary N) is 1. The summed E-state index contributed by atoms with van der Waals surface area (Å²) in [5, 5.41) is 12.5. The predicted molar refractivity (Wildman–Crippen MR) is 92.8 cm³/mol. The van der Waals surface area contributed by atoms with Crippen LogP contribution in [0.15, 0.2) is 35.3 Å². The fourth-order valence-corrected chi connectivity index (χ4v) is 1.40. The molecular formula is C14H22IN3O2. The lowest BCUT2D eigenvalue weighted by Gasteiger charge is -2.08. The Morgan fingerprint density at radius 1 is 1.50 bits per heavy atom. The van der Waals surface area contributed by atoms with E-state index in [0.29, 0.717) is 31.4 Å². The van der Waals surface area contributed by atoms with Crippen LogP contribution in [0, 0.1) is 0 Å².